The van der Waals surface area contributed by atoms with E-state index in [1.54, 1.807) is 0 Å². The Bertz CT molecular complexity index is 1090. The van der Waals surface area contributed by atoms with Crippen molar-refractivity contribution in [2.75, 3.05) is 32.8 Å². The van der Waals surface area contributed by atoms with Gasteiger partial charge in [-0.2, -0.15) is 13.2 Å². The van der Waals surface area contributed by atoms with Gasteiger partial charge in [0.1, 0.15) is 17.7 Å². The second kappa shape index (κ2) is 9.21. The van der Waals surface area contributed by atoms with Gasteiger partial charge in [0.2, 0.25) is 11.8 Å². The monoisotopic (exact) mass is 518 g/mol. The van der Waals surface area contributed by atoms with Gasteiger partial charge in [-0.3, -0.25) is 9.69 Å². The van der Waals surface area contributed by atoms with Crippen LogP contribution in [-0.4, -0.2) is 65.6 Å². The fourth-order valence-corrected chi connectivity index (χ4v) is 5.37. The first-order valence-corrected chi connectivity index (χ1v) is 11.6. The molecule has 0 spiro atoms. The minimum absolute atomic E-state index is 0.0206. The van der Waals surface area contributed by atoms with E-state index in [1.165, 1.54) is 17.0 Å². The number of hydrogen-bond donors (Lipinski definition) is 1. The summed E-state index contributed by atoms with van der Waals surface area (Å²) in [6.07, 6.45) is -2.91. The molecule has 2 unspecified atom stereocenters. The molecule has 1 aromatic carbocycles. The number of alkyl halides is 3. The molecule has 4 fully saturated rings. The van der Waals surface area contributed by atoms with Gasteiger partial charge in [0.25, 0.3) is 5.91 Å². The predicted octanol–water partition coefficient (Wildman–Crippen LogP) is 3.63. The zero-order chi connectivity index (χ0) is 24.8. The number of fused-ring (bicyclic) bond motifs is 1. The molecule has 4 aliphatic rings. The molecule has 2 atom stereocenters. The minimum atomic E-state index is -4.29. The summed E-state index contributed by atoms with van der Waals surface area (Å²) in [7, 11) is 0. The molecule has 3 saturated carbocycles. The van der Waals surface area contributed by atoms with E-state index < -0.39 is 30.2 Å². The van der Waals surface area contributed by atoms with Crippen LogP contribution in [0.25, 0.3) is 0 Å². The van der Waals surface area contributed by atoms with Crippen molar-refractivity contribution in [2.24, 2.45) is 5.92 Å². The summed E-state index contributed by atoms with van der Waals surface area (Å²) in [6, 6.07) is 3.95. The quantitative estimate of drug-likeness (QED) is 0.560. The van der Waals surface area contributed by atoms with Crippen molar-refractivity contribution in [2.45, 2.75) is 43.0 Å². The third-order valence-electron chi connectivity index (χ3n) is 6.75. The van der Waals surface area contributed by atoms with E-state index in [1.807, 2.05) is 0 Å². The van der Waals surface area contributed by atoms with Crippen molar-refractivity contribution in [3.05, 3.63) is 40.8 Å². The van der Waals surface area contributed by atoms with Crippen LogP contribution in [0.5, 0.6) is 5.75 Å². The third-order valence-corrected chi connectivity index (χ3v) is 7.06. The zero-order valence-electron chi connectivity index (χ0n) is 18.5. The third kappa shape index (κ3) is 5.39. The van der Waals surface area contributed by atoms with Crippen LogP contribution in [0.15, 0.2) is 22.6 Å². The average Bonchev–Trinajstić information content (AvgIpc) is 3.46. The summed E-state index contributed by atoms with van der Waals surface area (Å²) >= 11 is 5.64. The highest BCUT2D eigenvalue weighted by atomic mass is 35.5. The van der Waals surface area contributed by atoms with Crippen molar-refractivity contribution in [3.63, 3.8) is 0 Å². The lowest BCUT2D eigenvalue weighted by Gasteiger charge is -2.39. The Kier molecular flexibility index (Phi) is 6.39. The SMILES string of the molecule is O=C(COc1ccc(Cl)c(F)c1)NC12CC(C1)C(c1nnc(C3CN(CC(F)(F)F)CCO3)o1)C2. The number of aromatic nitrogens is 2. The van der Waals surface area contributed by atoms with Gasteiger partial charge in [-0.05, 0) is 37.3 Å². The van der Waals surface area contributed by atoms with Crippen molar-refractivity contribution < 1.29 is 36.2 Å². The van der Waals surface area contributed by atoms with E-state index >= 15 is 0 Å². The van der Waals surface area contributed by atoms with Crippen molar-refractivity contribution >= 4 is 17.5 Å². The molecular formula is C22H23ClF4N4O4. The Morgan fingerprint density at radius 3 is 2.77 bits per heavy atom. The van der Waals surface area contributed by atoms with Crippen molar-refractivity contribution in [1.29, 1.82) is 0 Å². The molecular weight excluding hydrogens is 496 g/mol. The van der Waals surface area contributed by atoms with E-state index in [2.05, 4.69) is 15.5 Å². The second-order valence-corrected chi connectivity index (χ2v) is 9.77. The van der Waals surface area contributed by atoms with Crippen LogP contribution in [0, 0.1) is 11.7 Å². The summed E-state index contributed by atoms with van der Waals surface area (Å²) < 4.78 is 68.4. The standard InChI is InChI=1S/C22H23ClF4N4O4/c23-15-2-1-13(5-16(15)24)34-10-18(32)28-21-6-12(7-21)14(8-21)19-29-30-20(35-19)17-9-31(3-4-33-17)11-22(25,26)27/h1-2,5,12,14,17H,3-4,6-11H2,(H,28,32). The highest BCUT2D eigenvalue weighted by Gasteiger charge is 2.58. The maximum atomic E-state index is 13.5. The van der Waals surface area contributed by atoms with Gasteiger partial charge >= 0.3 is 6.18 Å². The molecule has 13 heteroatoms. The molecule has 1 aromatic heterocycles. The second-order valence-electron chi connectivity index (χ2n) is 9.36. The number of halogens is 5. The molecule has 35 heavy (non-hydrogen) atoms. The van der Waals surface area contributed by atoms with E-state index in [-0.39, 0.29) is 60.7 Å². The number of hydrogen-bond acceptors (Lipinski definition) is 7. The van der Waals surface area contributed by atoms with Crippen LogP contribution >= 0.6 is 11.6 Å². The topological polar surface area (TPSA) is 89.7 Å². The maximum Gasteiger partial charge on any atom is 0.401 e. The van der Waals surface area contributed by atoms with E-state index in [0.717, 1.165) is 18.9 Å². The van der Waals surface area contributed by atoms with Crippen LogP contribution in [0.3, 0.4) is 0 Å². The largest absolute Gasteiger partial charge is 0.484 e. The molecule has 0 radical (unpaired) electrons. The normalized spacial score (nSPS) is 28.5. The first-order valence-electron chi connectivity index (χ1n) is 11.2. The zero-order valence-corrected chi connectivity index (χ0v) is 19.2. The number of carbonyl (C=O) groups is 1. The highest BCUT2D eigenvalue weighted by molar-refractivity contribution is 6.30. The molecule has 2 aromatic rings. The number of nitrogens with zero attached hydrogens (tertiary/aromatic N) is 3. The Labute approximate surface area is 202 Å². The fraction of sp³-hybridized carbons (Fsp3) is 0.591. The fourth-order valence-electron chi connectivity index (χ4n) is 5.25. The molecule has 1 N–H and O–H groups in total. The summed E-state index contributed by atoms with van der Waals surface area (Å²) in [5.41, 5.74) is -0.402. The first kappa shape index (κ1) is 24.3. The Morgan fingerprint density at radius 2 is 2.03 bits per heavy atom. The number of carbonyl (C=O) groups excluding carboxylic acids is 1. The molecule has 2 bridgehead atoms. The lowest BCUT2D eigenvalue weighted by atomic mass is 9.76. The lowest BCUT2D eigenvalue weighted by molar-refractivity contribution is -0.161. The maximum absolute atomic E-state index is 13.5. The van der Waals surface area contributed by atoms with Gasteiger partial charge in [0.05, 0.1) is 18.2 Å². The number of morpholine rings is 1. The van der Waals surface area contributed by atoms with Crippen LogP contribution in [0.4, 0.5) is 17.6 Å². The van der Waals surface area contributed by atoms with Crippen LogP contribution < -0.4 is 10.1 Å². The Hall–Kier alpha value is -2.44. The summed E-state index contributed by atoms with van der Waals surface area (Å²) in [6.45, 7) is -0.939. The molecule has 190 valence electrons. The van der Waals surface area contributed by atoms with E-state index in [0.29, 0.717) is 12.3 Å². The number of nitrogens with one attached hydrogen (secondary N) is 1. The molecule has 3 aliphatic carbocycles. The number of amides is 1. The smallest absolute Gasteiger partial charge is 0.401 e. The molecule has 6 rings (SSSR count). The Morgan fingerprint density at radius 1 is 1.26 bits per heavy atom. The van der Waals surface area contributed by atoms with Crippen LogP contribution in [0.1, 0.15) is 43.1 Å². The number of rotatable bonds is 7. The van der Waals surface area contributed by atoms with Gasteiger partial charge in [0, 0.05) is 30.6 Å². The summed E-state index contributed by atoms with van der Waals surface area (Å²) in [5.74, 6) is 0.00930. The van der Waals surface area contributed by atoms with Crippen molar-refractivity contribution in [3.8, 4) is 5.75 Å². The molecule has 1 amide bonds. The molecule has 1 aliphatic heterocycles. The molecule has 8 nitrogen and oxygen atoms in total. The predicted molar refractivity (Wildman–Crippen MR) is 113 cm³/mol. The Balaban J connectivity index is 1.14. The van der Waals surface area contributed by atoms with Crippen molar-refractivity contribution in [1.82, 2.24) is 20.4 Å². The average molecular weight is 519 g/mol. The van der Waals surface area contributed by atoms with Gasteiger partial charge in [0.15, 0.2) is 6.61 Å². The summed E-state index contributed by atoms with van der Waals surface area (Å²) in [5, 5.41) is 11.1. The molecule has 2 heterocycles. The van der Waals surface area contributed by atoms with Crippen LogP contribution in [-0.2, 0) is 9.53 Å². The van der Waals surface area contributed by atoms with E-state index in [9.17, 15) is 22.4 Å². The first-order chi connectivity index (χ1) is 16.6. The molecule has 1 saturated heterocycles. The highest BCUT2D eigenvalue weighted by Crippen LogP contribution is 2.59. The van der Waals surface area contributed by atoms with Gasteiger partial charge in [-0.15, -0.1) is 10.2 Å². The number of ether oxygens (including phenoxy) is 2. The summed E-state index contributed by atoms with van der Waals surface area (Å²) in [4.78, 5) is 13.7. The van der Waals surface area contributed by atoms with Gasteiger partial charge in [-0.25, -0.2) is 4.39 Å². The van der Waals surface area contributed by atoms with Gasteiger partial charge in [-0.1, -0.05) is 11.6 Å². The number of benzene rings is 1. The van der Waals surface area contributed by atoms with Crippen LogP contribution in [0.2, 0.25) is 5.02 Å². The van der Waals surface area contributed by atoms with E-state index in [4.69, 9.17) is 25.5 Å². The minimum Gasteiger partial charge on any atom is -0.484 e. The van der Waals surface area contributed by atoms with Gasteiger partial charge < -0.3 is 19.2 Å². The lowest BCUT2D eigenvalue weighted by Crippen LogP contribution is -2.53.